The van der Waals surface area contributed by atoms with Crippen LogP contribution in [0.4, 0.5) is 5.69 Å². The summed E-state index contributed by atoms with van der Waals surface area (Å²) >= 11 is 12.1. The average Bonchev–Trinajstić information content (AvgIpc) is 2.61. The molecule has 25 heavy (non-hydrogen) atoms. The topological polar surface area (TPSA) is 21.3 Å². The van der Waals surface area contributed by atoms with Gasteiger partial charge in [-0.3, -0.25) is 0 Å². The summed E-state index contributed by atoms with van der Waals surface area (Å²) in [6.07, 6.45) is 0. The van der Waals surface area contributed by atoms with Crippen molar-refractivity contribution in [1.82, 2.24) is 0 Å². The first-order chi connectivity index (χ1) is 12.1. The number of aryl methyl sites for hydroxylation is 1. The van der Waals surface area contributed by atoms with Crippen LogP contribution in [0.5, 0.6) is 5.75 Å². The summed E-state index contributed by atoms with van der Waals surface area (Å²) in [5.41, 5.74) is 4.33. The van der Waals surface area contributed by atoms with E-state index in [1.807, 2.05) is 30.3 Å². The third-order valence-corrected chi connectivity index (χ3v) is 4.49. The maximum atomic E-state index is 6.21. The van der Waals surface area contributed by atoms with Crippen LogP contribution in [-0.2, 0) is 13.2 Å². The number of halogens is 2. The zero-order chi connectivity index (χ0) is 17.6. The SMILES string of the molecule is Cc1ccc(NCc2ccccc2OCc2ccc(Cl)cc2Cl)cc1. The van der Waals surface area contributed by atoms with Crippen LogP contribution in [0.1, 0.15) is 16.7 Å². The second-order valence-electron chi connectivity index (χ2n) is 5.85. The summed E-state index contributed by atoms with van der Waals surface area (Å²) in [7, 11) is 0. The number of nitrogens with one attached hydrogen (secondary N) is 1. The van der Waals surface area contributed by atoms with Crippen LogP contribution < -0.4 is 10.1 Å². The molecule has 0 aliphatic rings. The van der Waals surface area contributed by atoms with E-state index >= 15 is 0 Å². The van der Waals surface area contributed by atoms with E-state index in [0.29, 0.717) is 23.2 Å². The van der Waals surface area contributed by atoms with Gasteiger partial charge >= 0.3 is 0 Å². The highest BCUT2D eigenvalue weighted by molar-refractivity contribution is 6.35. The van der Waals surface area contributed by atoms with E-state index in [1.165, 1.54) is 5.56 Å². The lowest BCUT2D eigenvalue weighted by atomic mass is 10.2. The Morgan fingerprint density at radius 3 is 2.40 bits per heavy atom. The number of para-hydroxylation sites is 1. The summed E-state index contributed by atoms with van der Waals surface area (Å²) in [5.74, 6) is 0.841. The molecule has 0 fully saturated rings. The monoisotopic (exact) mass is 371 g/mol. The molecule has 3 aromatic rings. The van der Waals surface area contributed by atoms with Crippen molar-refractivity contribution in [2.75, 3.05) is 5.32 Å². The predicted molar refractivity (Wildman–Crippen MR) is 106 cm³/mol. The van der Waals surface area contributed by atoms with Crippen LogP contribution in [-0.4, -0.2) is 0 Å². The Bertz CT molecular complexity index is 847. The fourth-order valence-corrected chi connectivity index (χ4v) is 2.92. The number of benzene rings is 3. The quantitative estimate of drug-likeness (QED) is 0.534. The fourth-order valence-electron chi connectivity index (χ4n) is 2.45. The molecule has 0 unspecified atom stereocenters. The molecule has 0 radical (unpaired) electrons. The largest absolute Gasteiger partial charge is 0.488 e. The van der Waals surface area contributed by atoms with Crippen molar-refractivity contribution in [1.29, 1.82) is 0 Å². The first-order valence-electron chi connectivity index (χ1n) is 8.07. The van der Waals surface area contributed by atoms with Crippen molar-refractivity contribution < 1.29 is 4.74 Å². The molecule has 3 rings (SSSR count). The van der Waals surface area contributed by atoms with E-state index in [2.05, 4.69) is 42.6 Å². The normalized spacial score (nSPS) is 10.5. The molecule has 1 N–H and O–H groups in total. The van der Waals surface area contributed by atoms with E-state index < -0.39 is 0 Å². The molecule has 0 aliphatic heterocycles. The predicted octanol–water partition coefficient (Wildman–Crippen LogP) is 6.49. The summed E-state index contributed by atoms with van der Waals surface area (Å²) < 4.78 is 5.98. The van der Waals surface area contributed by atoms with Gasteiger partial charge in [0, 0.05) is 33.4 Å². The van der Waals surface area contributed by atoms with Gasteiger partial charge in [-0.2, -0.15) is 0 Å². The van der Waals surface area contributed by atoms with Gasteiger partial charge < -0.3 is 10.1 Å². The summed E-state index contributed by atoms with van der Waals surface area (Å²) in [5, 5.41) is 4.66. The Hall–Kier alpha value is -2.16. The van der Waals surface area contributed by atoms with Gasteiger partial charge in [-0.05, 0) is 37.3 Å². The van der Waals surface area contributed by atoms with Crippen LogP contribution in [0.3, 0.4) is 0 Å². The van der Waals surface area contributed by atoms with Gasteiger partial charge in [-0.25, -0.2) is 0 Å². The van der Waals surface area contributed by atoms with E-state index in [9.17, 15) is 0 Å². The van der Waals surface area contributed by atoms with Crippen molar-refractivity contribution in [3.8, 4) is 5.75 Å². The standard InChI is InChI=1S/C21H19Cl2NO/c1-15-6-10-19(11-7-15)24-13-16-4-2-3-5-21(16)25-14-17-8-9-18(22)12-20(17)23/h2-12,24H,13-14H2,1H3. The van der Waals surface area contributed by atoms with Crippen molar-refractivity contribution in [3.05, 3.63) is 93.5 Å². The lowest BCUT2D eigenvalue weighted by Gasteiger charge is -2.14. The lowest BCUT2D eigenvalue weighted by Crippen LogP contribution is -2.04. The Kier molecular flexibility index (Phi) is 5.85. The molecule has 0 aliphatic carbocycles. The number of anilines is 1. The minimum atomic E-state index is 0.400. The van der Waals surface area contributed by atoms with Gasteiger partial charge in [0.05, 0.1) is 0 Å². The summed E-state index contributed by atoms with van der Waals surface area (Å²) in [4.78, 5) is 0. The van der Waals surface area contributed by atoms with Crippen LogP contribution in [0, 0.1) is 6.92 Å². The molecule has 0 bridgehead atoms. The van der Waals surface area contributed by atoms with Crippen molar-refractivity contribution in [2.24, 2.45) is 0 Å². The van der Waals surface area contributed by atoms with Gasteiger partial charge in [0.1, 0.15) is 12.4 Å². The average molecular weight is 372 g/mol. The third kappa shape index (κ3) is 4.91. The lowest BCUT2D eigenvalue weighted by molar-refractivity contribution is 0.303. The molecule has 3 aromatic carbocycles. The van der Waals surface area contributed by atoms with Crippen LogP contribution in [0.15, 0.2) is 66.7 Å². The Morgan fingerprint density at radius 1 is 0.880 bits per heavy atom. The van der Waals surface area contributed by atoms with E-state index in [1.54, 1.807) is 6.07 Å². The smallest absolute Gasteiger partial charge is 0.124 e. The maximum Gasteiger partial charge on any atom is 0.124 e. The molecule has 4 heteroatoms. The zero-order valence-corrected chi connectivity index (χ0v) is 15.4. The molecule has 0 atom stereocenters. The van der Waals surface area contributed by atoms with E-state index in [4.69, 9.17) is 27.9 Å². The fraction of sp³-hybridized carbons (Fsp3) is 0.143. The minimum absolute atomic E-state index is 0.400. The molecule has 0 amide bonds. The number of hydrogen-bond donors (Lipinski definition) is 1. The summed E-state index contributed by atoms with van der Waals surface area (Å²) in [6.45, 7) is 3.17. The number of ether oxygens (including phenoxy) is 1. The van der Waals surface area contributed by atoms with Gasteiger partial charge in [0.15, 0.2) is 0 Å². The molecule has 0 aromatic heterocycles. The first-order valence-corrected chi connectivity index (χ1v) is 8.82. The molecule has 2 nitrogen and oxygen atoms in total. The Labute approximate surface area is 158 Å². The molecule has 0 saturated heterocycles. The molecule has 0 heterocycles. The Balaban J connectivity index is 1.67. The highest BCUT2D eigenvalue weighted by Crippen LogP contribution is 2.25. The Morgan fingerprint density at radius 2 is 1.64 bits per heavy atom. The molecule has 128 valence electrons. The number of hydrogen-bond acceptors (Lipinski definition) is 2. The summed E-state index contributed by atoms with van der Waals surface area (Å²) in [6, 6.07) is 21.8. The highest BCUT2D eigenvalue weighted by atomic mass is 35.5. The minimum Gasteiger partial charge on any atom is -0.488 e. The van der Waals surface area contributed by atoms with Crippen LogP contribution in [0.25, 0.3) is 0 Å². The van der Waals surface area contributed by atoms with Gasteiger partial charge in [-0.1, -0.05) is 65.2 Å². The number of rotatable bonds is 6. The van der Waals surface area contributed by atoms with Crippen molar-refractivity contribution >= 4 is 28.9 Å². The maximum absolute atomic E-state index is 6.21. The van der Waals surface area contributed by atoms with Gasteiger partial charge in [0.25, 0.3) is 0 Å². The first kappa shape index (κ1) is 17.7. The zero-order valence-electron chi connectivity index (χ0n) is 13.9. The van der Waals surface area contributed by atoms with Gasteiger partial charge in [-0.15, -0.1) is 0 Å². The second-order valence-corrected chi connectivity index (χ2v) is 6.70. The third-order valence-electron chi connectivity index (χ3n) is 3.91. The highest BCUT2D eigenvalue weighted by Gasteiger charge is 2.06. The van der Waals surface area contributed by atoms with Crippen LogP contribution in [0.2, 0.25) is 10.0 Å². The molecular formula is C21H19Cl2NO. The second kappa shape index (κ2) is 8.28. The van der Waals surface area contributed by atoms with Gasteiger partial charge in [0.2, 0.25) is 0 Å². The van der Waals surface area contributed by atoms with Crippen LogP contribution >= 0.6 is 23.2 Å². The van der Waals surface area contributed by atoms with E-state index in [0.717, 1.165) is 22.6 Å². The van der Waals surface area contributed by atoms with Crippen molar-refractivity contribution in [2.45, 2.75) is 20.1 Å². The molecule has 0 spiro atoms. The van der Waals surface area contributed by atoms with Crippen molar-refractivity contribution in [3.63, 3.8) is 0 Å². The molecule has 0 saturated carbocycles. The van der Waals surface area contributed by atoms with E-state index in [-0.39, 0.29) is 0 Å². The molecular weight excluding hydrogens is 353 g/mol.